The van der Waals surface area contributed by atoms with Crippen LogP contribution in [-0.2, 0) is 15.5 Å². The topological polar surface area (TPSA) is 108 Å². The summed E-state index contributed by atoms with van der Waals surface area (Å²) in [5, 5.41) is 1.62. The number of aromatic nitrogens is 1. The minimum Gasteiger partial charge on any atom is -0.750 e. The van der Waals surface area contributed by atoms with Crippen LogP contribution < -0.4 is 5.73 Å². The maximum Gasteiger partial charge on any atom is 0.250 e. The van der Waals surface area contributed by atoms with E-state index in [-0.39, 0.29) is 0 Å². The Kier molecular flexibility index (Phi) is 3.69. The van der Waals surface area contributed by atoms with E-state index in [1.165, 1.54) is 0 Å². The fourth-order valence-electron chi connectivity index (χ4n) is 2.70. The molecule has 0 saturated carbocycles. The molecule has 0 aliphatic rings. The van der Waals surface area contributed by atoms with Gasteiger partial charge in [-0.15, -0.1) is 0 Å². The molecule has 0 saturated heterocycles. The smallest absolute Gasteiger partial charge is 0.250 e. The first-order valence-corrected chi connectivity index (χ1v) is 7.58. The Morgan fingerprint density at radius 1 is 1.32 bits per heavy atom. The normalized spacial score (nSPS) is 14.3. The molecule has 1 aromatic heterocycles. The number of rotatable bonds is 4. The van der Waals surface area contributed by atoms with Gasteiger partial charge in [-0.2, -0.15) is 0 Å². The Balaban J connectivity index is 2.36. The van der Waals surface area contributed by atoms with Gasteiger partial charge in [-0.25, -0.2) is 4.21 Å². The molecule has 3 rings (SSSR count). The molecule has 1 amide bonds. The van der Waals surface area contributed by atoms with E-state index in [2.05, 4.69) is 4.98 Å². The van der Waals surface area contributed by atoms with Gasteiger partial charge in [-0.05, 0) is 24.6 Å². The third kappa shape index (κ3) is 2.39. The molecule has 0 spiro atoms. The van der Waals surface area contributed by atoms with E-state index in [1.807, 2.05) is 24.3 Å². The number of aromatic amines is 1. The van der Waals surface area contributed by atoms with E-state index in [4.69, 9.17) is 9.92 Å². The van der Waals surface area contributed by atoms with E-state index in [0.29, 0.717) is 16.6 Å². The lowest BCUT2D eigenvalue weighted by atomic mass is 9.99. The van der Waals surface area contributed by atoms with Gasteiger partial charge in [0.25, 0.3) is 5.91 Å². The van der Waals surface area contributed by atoms with E-state index in [9.17, 15) is 13.6 Å². The van der Waals surface area contributed by atoms with Crippen molar-refractivity contribution in [1.29, 1.82) is 0 Å². The van der Waals surface area contributed by atoms with Crippen LogP contribution in [0.3, 0.4) is 0 Å². The first kappa shape index (κ1) is 14.7. The Labute approximate surface area is 128 Å². The SMILES string of the molecule is CC(OS(=O)[O-])c1ccc(C(N)=O)c2[nH]c3ccccc3c12. The molecule has 2 aromatic carbocycles. The number of benzene rings is 2. The van der Waals surface area contributed by atoms with Crippen LogP contribution in [-0.4, -0.2) is 19.7 Å². The molecule has 0 radical (unpaired) electrons. The van der Waals surface area contributed by atoms with Crippen molar-refractivity contribution in [3.63, 3.8) is 0 Å². The van der Waals surface area contributed by atoms with Gasteiger partial charge in [0.15, 0.2) is 0 Å². The second-order valence-corrected chi connectivity index (χ2v) is 5.53. The van der Waals surface area contributed by atoms with E-state index >= 15 is 0 Å². The number of H-pyrrole nitrogens is 1. The Morgan fingerprint density at radius 3 is 2.73 bits per heavy atom. The first-order valence-electron chi connectivity index (χ1n) is 6.58. The van der Waals surface area contributed by atoms with Gasteiger partial charge in [-0.3, -0.25) is 8.98 Å². The highest BCUT2D eigenvalue weighted by Crippen LogP contribution is 2.34. The van der Waals surface area contributed by atoms with Crippen molar-refractivity contribution in [3.8, 4) is 0 Å². The Bertz CT molecular complexity index is 903. The van der Waals surface area contributed by atoms with Gasteiger partial charge >= 0.3 is 0 Å². The largest absolute Gasteiger partial charge is 0.750 e. The molecule has 0 aliphatic heterocycles. The molecule has 3 N–H and O–H groups in total. The standard InChI is InChI=1S/C15H14N2O4S/c1-8(21-22(19)20)9-6-7-11(15(16)18)14-13(9)10-4-2-3-5-12(10)17-14/h2-8,17H,1H3,(H2,16,18)(H,19,20)/p-1. The van der Waals surface area contributed by atoms with Crippen LogP contribution in [0.2, 0.25) is 0 Å². The predicted molar refractivity (Wildman–Crippen MR) is 82.7 cm³/mol. The van der Waals surface area contributed by atoms with Crippen molar-refractivity contribution in [1.82, 2.24) is 4.98 Å². The second-order valence-electron chi connectivity index (χ2n) is 4.93. The monoisotopic (exact) mass is 317 g/mol. The zero-order chi connectivity index (χ0) is 15.9. The van der Waals surface area contributed by atoms with Crippen molar-refractivity contribution < 1.29 is 17.7 Å². The van der Waals surface area contributed by atoms with Gasteiger partial charge < -0.3 is 15.3 Å². The zero-order valence-electron chi connectivity index (χ0n) is 11.7. The molecular weight excluding hydrogens is 304 g/mol. The summed E-state index contributed by atoms with van der Waals surface area (Å²) in [6.07, 6.45) is -0.679. The molecule has 2 atom stereocenters. The molecule has 3 aromatic rings. The van der Waals surface area contributed by atoms with Crippen LogP contribution in [0.25, 0.3) is 21.8 Å². The highest BCUT2D eigenvalue weighted by atomic mass is 32.2. The summed E-state index contributed by atoms with van der Waals surface area (Å²) in [4.78, 5) is 14.8. The number of carbonyl (C=O) groups is 1. The summed E-state index contributed by atoms with van der Waals surface area (Å²) >= 11 is -2.63. The molecule has 22 heavy (non-hydrogen) atoms. The summed E-state index contributed by atoms with van der Waals surface area (Å²) in [6.45, 7) is 1.64. The molecule has 114 valence electrons. The average Bonchev–Trinajstić information content (AvgIpc) is 2.84. The Hall–Kier alpha value is -2.22. The number of primary amides is 1. The quantitative estimate of drug-likeness (QED) is 0.719. The minimum absolute atomic E-state index is 0.352. The van der Waals surface area contributed by atoms with E-state index in [1.54, 1.807) is 19.1 Å². The van der Waals surface area contributed by atoms with Crippen LogP contribution in [0.15, 0.2) is 36.4 Å². The molecule has 1 heterocycles. The number of hydrogen-bond donors (Lipinski definition) is 2. The fourth-order valence-corrected chi connectivity index (χ4v) is 3.04. The zero-order valence-corrected chi connectivity index (χ0v) is 12.5. The highest BCUT2D eigenvalue weighted by Gasteiger charge is 2.18. The number of amides is 1. The van der Waals surface area contributed by atoms with Crippen molar-refractivity contribution in [2.45, 2.75) is 13.0 Å². The molecule has 2 unspecified atom stereocenters. The number of nitrogens with one attached hydrogen (secondary N) is 1. The third-order valence-corrected chi connectivity index (χ3v) is 4.07. The van der Waals surface area contributed by atoms with Crippen LogP contribution in [0.4, 0.5) is 0 Å². The Morgan fingerprint density at radius 2 is 2.05 bits per heavy atom. The maximum absolute atomic E-state index is 11.6. The lowest BCUT2D eigenvalue weighted by molar-refractivity contribution is 0.100. The highest BCUT2D eigenvalue weighted by molar-refractivity contribution is 7.74. The van der Waals surface area contributed by atoms with Gasteiger partial charge in [0.2, 0.25) is 0 Å². The number of hydrogen-bond acceptors (Lipinski definition) is 4. The van der Waals surface area contributed by atoms with Gasteiger partial charge in [0.1, 0.15) is 0 Å². The summed E-state index contributed by atoms with van der Waals surface area (Å²) in [6, 6.07) is 10.7. The summed E-state index contributed by atoms with van der Waals surface area (Å²) in [5.41, 5.74) is 7.86. The van der Waals surface area contributed by atoms with E-state index < -0.39 is 23.4 Å². The van der Waals surface area contributed by atoms with Gasteiger partial charge in [0.05, 0.1) is 28.5 Å². The summed E-state index contributed by atoms with van der Waals surface area (Å²) in [5.74, 6) is -0.552. The maximum atomic E-state index is 11.6. The van der Waals surface area contributed by atoms with Crippen LogP contribution >= 0.6 is 0 Å². The minimum atomic E-state index is -2.63. The number of fused-ring (bicyclic) bond motifs is 3. The van der Waals surface area contributed by atoms with Crippen molar-refractivity contribution >= 4 is 39.1 Å². The lowest BCUT2D eigenvalue weighted by Gasteiger charge is -2.16. The third-order valence-electron chi connectivity index (χ3n) is 3.62. The second kappa shape index (κ2) is 5.53. The average molecular weight is 317 g/mol. The van der Waals surface area contributed by atoms with Crippen molar-refractivity contribution in [2.24, 2.45) is 5.73 Å². The summed E-state index contributed by atoms with van der Waals surface area (Å²) in [7, 11) is 0. The van der Waals surface area contributed by atoms with Gasteiger partial charge in [-0.1, -0.05) is 24.3 Å². The van der Waals surface area contributed by atoms with Crippen molar-refractivity contribution in [2.75, 3.05) is 0 Å². The van der Waals surface area contributed by atoms with Crippen LogP contribution in [0.1, 0.15) is 28.9 Å². The molecule has 0 fully saturated rings. The molecule has 6 nitrogen and oxygen atoms in total. The predicted octanol–water partition coefficient (Wildman–Crippen LogP) is 2.29. The lowest BCUT2D eigenvalue weighted by Crippen LogP contribution is -2.12. The molecule has 7 heteroatoms. The molecular formula is C15H13N2O4S-. The first-order chi connectivity index (χ1) is 10.5. The molecule has 0 aliphatic carbocycles. The van der Waals surface area contributed by atoms with Crippen molar-refractivity contribution in [3.05, 3.63) is 47.5 Å². The number of carbonyl (C=O) groups excluding carboxylic acids is 1. The molecule has 0 bridgehead atoms. The number of para-hydroxylation sites is 1. The van der Waals surface area contributed by atoms with Crippen LogP contribution in [0, 0.1) is 0 Å². The fraction of sp³-hybridized carbons (Fsp3) is 0.133. The van der Waals surface area contributed by atoms with E-state index in [0.717, 1.165) is 16.3 Å². The van der Waals surface area contributed by atoms with Gasteiger partial charge in [0, 0.05) is 16.3 Å². The van der Waals surface area contributed by atoms with Crippen LogP contribution in [0.5, 0.6) is 0 Å². The summed E-state index contributed by atoms with van der Waals surface area (Å²) < 4.78 is 26.4. The number of nitrogens with two attached hydrogens (primary N) is 1.